The molecule has 0 aliphatic rings. The number of carbonyl (C=O) groups is 1. The molecule has 0 saturated carbocycles. The van der Waals surface area contributed by atoms with Crippen molar-refractivity contribution in [3.63, 3.8) is 0 Å². The lowest BCUT2D eigenvalue weighted by molar-refractivity contribution is -0.383. The van der Waals surface area contributed by atoms with E-state index in [0.717, 1.165) is 0 Å². The molecule has 8 nitrogen and oxygen atoms in total. The van der Waals surface area contributed by atoms with Crippen molar-refractivity contribution < 1.29 is 9.72 Å². The molecule has 0 aliphatic heterocycles. The maximum absolute atomic E-state index is 12.9. The molecular weight excluding hydrogens is 324 g/mol. The minimum absolute atomic E-state index is 0.0396. The largest absolute Gasteiger partial charge is 0.319 e. The number of fused-ring (bicyclic) bond motifs is 1. The third-order valence-corrected chi connectivity index (χ3v) is 3.70. The van der Waals surface area contributed by atoms with E-state index in [2.05, 4.69) is 10.3 Å². The van der Waals surface area contributed by atoms with E-state index in [0.29, 0.717) is 16.7 Å². The fraction of sp³-hybridized carbons (Fsp3) is 0.118. The first-order valence-electron chi connectivity index (χ1n) is 7.44. The van der Waals surface area contributed by atoms with Crippen LogP contribution in [0.1, 0.15) is 12.7 Å². The Kier molecular flexibility index (Phi) is 4.02. The van der Waals surface area contributed by atoms with Crippen LogP contribution in [0.5, 0.6) is 0 Å². The first-order valence-corrected chi connectivity index (χ1v) is 7.44. The molecular formula is C17H14N4O4. The molecule has 0 saturated heterocycles. The van der Waals surface area contributed by atoms with Crippen molar-refractivity contribution in [2.45, 2.75) is 13.8 Å². The monoisotopic (exact) mass is 338 g/mol. The van der Waals surface area contributed by atoms with Gasteiger partial charge in [0.15, 0.2) is 0 Å². The second-order valence-electron chi connectivity index (χ2n) is 5.43. The van der Waals surface area contributed by atoms with Crippen LogP contribution < -0.4 is 10.9 Å². The normalized spacial score (nSPS) is 10.6. The van der Waals surface area contributed by atoms with E-state index in [1.165, 1.54) is 29.7 Å². The second-order valence-corrected chi connectivity index (χ2v) is 5.43. The molecule has 0 radical (unpaired) electrons. The summed E-state index contributed by atoms with van der Waals surface area (Å²) in [6, 6.07) is 11.1. The topological polar surface area (TPSA) is 107 Å². The Morgan fingerprint density at radius 2 is 1.92 bits per heavy atom. The Bertz CT molecular complexity index is 1070. The van der Waals surface area contributed by atoms with E-state index in [1.54, 1.807) is 31.2 Å². The third-order valence-electron chi connectivity index (χ3n) is 3.70. The van der Waals surface area contributed by atoms with Crippen LogP contribution in [-0.4, -0.2) is 20.4 Å². The van der Waals surface area contributed by atoms with Crippen molar-refractivity contribution in [2.24, 2.45) is 0 Å². The van der Waals surface area contributed by atoms with Crippen molar-refractivity contribution in [3.8, 4) is 5.69 Å². The maximum Gasteiger partial charge on any atom is 0.294 e. The highest BCUT2D eigenvalue weighted by Crippen LogP contribution is 2.31. The van der Waals surface area contributed by atoms with Gasteiger partial charge >= 0.3 is 0 Å². The van der Waals surface area contributed by atoms with Crippen molar-refractivity contribution in [2.75, 3.05) is 5.32 Å². The molecule has 0 fully saturated rings. The van der Waals surface area contributed by atoms with Gasteiger partial charge in [-0.2, -0.15) is 0 Å². The summed E-state index contributed by atoms with van der Waals surface area (Å²) in [5, 5.41) is 14.2. The minimum atomic E-state index is -0.608. The lowest BCUT2D eigenvalue weighted by atomic mass is 10.2. The Morgan fingerprint density at radius 3 is 2.60 bits per heavy atom. The quantitative estimate of drug-likeness (QED) is 0.583. The molecule has 25 heavy (non-hydrogen) atoms. The fourth-order valence-electron chi connectivity index (χ4n) is 2.70. The van der Waals surface area contributed by atoms with Crippen LogP contribution in [0, 0.1) is 17.0 Å². The van der Waals surface area contributed by atoms with Crippen LogP contribution in [0.3, 0.4) is 0 Å². The first kappa shape index (κ1) is 16.3. The number of rotatable bonds is 3. The number of nitro benzene ring substituents is 1. The minimum Gasteiger partial charge on any atom is -0.319 e. The van der Waals surface area contributed by atoms with Gasteiger partial charge in [-0.15, -0.1) is 0 Å². The van der Waals surface area contributed by atoms with E-state index >= 15 is 0 Å². The molecule has 0 spiro atoms. The molecule has 3 rings (SSSR count). The molecule has 3 aromatic rings. The zero-order valence-electron chi connectivity index (χ0n) is 13.5. The Morgan fingerprint density at radius 1 is 1.20 bits per heavy atom. The van der Waals surface area contributed by atoms with Gasteiger partial charge in [0, 0.05) is 13.0 Å². The number of carbonyl (C=O) groups excluding carboxylic acids is 1. The molecule has 0 unspecified atom stereocenters. The summed E-state index contributed by atoms with van der Waals surface area (Å²) >= 11 is 0. The molecule has 2 aromatic carbocycles. The summed E-state index contributed by atoms with van der Waals surface area (Å²) < 4.78 is 1.26. The zero-order valence-corrected chi connectivity index (χ0v) is 13.5. The van der Waals surface area contributed by atoms with Gasteiger partial charge in [0.1, 0.15) is 11.5 Å². The number of hydrogen-bond acceptors (Lipinski definition) is 5. The molecule has 1 N–H and O–H groups in total. The van der Waals surface area contributed by atoms with E-state index in [4.69, 9.17) is 0 Å². The average Bonchev–Trinajstić information content (AvgIpc) is 2.55. The van der Waals surface area contributed by atoms with Gasteiger partial charge in [-0.05, 0) is 25.1 Å². The second kappa shape index (κ2) is 6.16. The zero-order chi connectivity index (χ0) is 18.1. The Labute approximate surface area is 141 Å². The standard InChI is InChI=1S/C17H14N4O4/c1-10-18-13-7-4-3-6-12(13)17(23)20(10)14-8-5-9-15(21(24)25)16(14)19-11(2)22/h3-9H,1-2H3,(H,19,22). The van der Waals surface area contributed by atoms with E-state index in [-0.39, 0.29) is 22.6 Å². The van der Waals surface area contributed by atoms with Gasteiger partial charge in [-0.1, -0.05) is 18.2 Å². The van der Waals surface area contributed by atoms with Crippen LogP contribution in [0.4, 0.5) is 11.4 Å². The van der Waals surface area contributed by atoms with Gasteiger partial charge in [0.25, 0.3) is 11.2 Å². The number of aromatic nitrogens is 2. The molecule has 126 valence electrons. The number of nitro groups is 1. The number of nitrogens with zero attached hydrogens (tertiary/aromatic N) is 3. The number of nitrogens with one attached hydrogen (secondary N) is 1. The van der Waals surface area contributed by atoms with Crippen molar-refractivity contribution in [1.29, 1.82) is 0 Å². The smallest absolute Gasteiger partial charge is 0.294 e. The summed E-state index contributed by atoms with van der Waals surface area (Å²) in [6.45, 7) is 2.87. The molecule has 1 aromatic heterocycles. The fourth-order valence-corrected chi connectivity index (χ4v) is 2.70. The van der Waals surface area contributed by atoms with Crippen LogP contribution in [0.2, 0.25) is 0 Å². The lowest BCUT2D eigenvalue weighted by Crippen LogP contribution is -2.24. The van der Waals surface area contributed by atoms with Crippen LogP contribution in [0.15, 0.2) is 47.3 Å². The van der Waals surface area contributed by atoms with Gasteiger partial charge in [-0.3, -0.25) is 24.3 Å². The lowest BCUT2D eigenvalue weighted by Gasteiger charge is -2.15. The summed E-state index contributed by atoms with van der Waals surface area (Å²) in [6.07, 6.45) is 0. The average molecular weight is 338 g/mol. The Hall–Kier alpha value is -3.55. The highest BCUT2D eigenvalue weighted by atomic mass is 16.6. The summed E-state index contributed by atoms with van der Waals surface area (Å²) in [5.74, 6) is -0.120. The number of benzene rings is 2. The molecule has 0 atom stereocenters. The molecule has 0 aliphatic carbocycles. The van der Waals surface area contributed by atoms with Crippen LogP contribution >= 0.6 is 0 Å². The number of anilines is 1. The van der Waals surface area contributed by atoms with E-state index < -0.39 is 10.8 Å². The highest BCUT2D eigenvalue weighted by Gasteiger charge is 2.22. The summed E-state index contributed by atoms with van der Waals surface area (Å²) in [7, 11) is 0. The number of para-hydroxylation sites is 2. The van der Waals surface area contributed by atoms with Crippen molar-refractivity contribution in [1.82, 2.24) is 9.55 Å². The van der Waals surface area contributed by atoms with E-state index in [9.17, 15) is 19.7 Å². The summed E-state index contributed by atoms with van der Waals surface area (Å²) in [5.41, 5.74) is 0.0301. The summed E-state index contributed by atoms with van der Waals surface area (Å²) in [4.78, 5) is 39.5. The molecule has 1 heterocycles. The van der Waals surface area contributed by atoms with Gasteiger partial charge < -0.3 is 5.32 Å². The Balaban J connectivity index is 2.39. The van der Waals surface area contributed by atoms with Gasteiger partial charge in [0.05, 0.1) is 21.5 Å². The van der Waals surface area contributed by atoms with Gasteiger partial charge in [-0.25, -0.2) is 4.98 Å². The molecule has 8 heteroatoms. The SMILES string of the molecule is CC(=O)Nc1c(-n2c(C)nc3ccccc3c2=O)cccc1[N+](=O)[O-]. The first-order chi connectivity index (χ1) is 11.9. The molecule has 0 bridgehead atoms. The number of amides is 1. The number of aryl methyl sites for hydroxylation is 1. The third kappa shape index (κ3) is 2.85. The van der Waals surface area contributed by atoms with Gasteiger partial charge in [0.2, 0.25) is 5.91 Å². The van der Waals surface area contributed by atoms with Crippen LogP contribution in [-0.2, 0) is 4.79 Å². The van der Waals surface area contributed by atoms with E-state index in [1.807, 2.05) is 0 Å². The van der Waals surface area contributed by atoms with Crippen molar-refractivity contribution >= 4 is 28.2 Å². The highest BCUT2D eigenvalue weighted by molar-refractivity contribution is 5.94. The predicted molar refractivity (Wildman–Crippen MR) is 93.0 cm³/mol. The van der Waals surface area contributed by atoms with Crippen LogP contribution in [0.25, 0.3) is 16.6 Å². The van der Waals surface area contributed by atoms with Crippen molar-refractivity contribution in [3.05, 3.63) is 68.8 Å². The molecule has 1 amide bonds. The predicted octanol–water partition coefficient (Wildman–Crippen LogP) is 2.56. The number of hydrogen-bond donors (Lipinski definition) is 1. The maximum atomic E-state index is 12.9.